The molecule has 1 aliphatic heterocycles. The quantitative estimate of drug-likeness (QED) is 0.804. The van der Waals surface area contributed by atoms with Crippen LogP contribution in [0.4, 0.5) is 15.8 Å². The Morgan fingerprint density at radius 1 is 1.23 bits per heavy atom. The zero-order valence-electron chi connectivity index (χ0n) is 13.8. The molecule has 2 aromatic carbocycles. The van der Waals surface area contributed by atoms with Gasteiger partial charge in [0.2, 0.25) is 11.3 Å². The van der Waals surface area contributed by atoms with Crippen LogP contribution < -0.4 is 14.4 Å². The first-order valence-corrected chi connectivity index (χ1v) is 9.36. The number of fused-ring (bicyclic) bond motifs is 1. The number of benzene rings is 2. The molecule has 2 aliphatic rings. The lowest BCUT2D eigenvalue weighted by Gasteiger charge is -2.47. The second-order valence-corrected chi connectivity index (χ2v) is 7.23. The van der Waals surface area contributed by atoms with E-state index in [9.17, 15) is 13.4 Å². The number of nitrogens with zero attached hydrogens (tertiary/aromatic N) is 1. The topological polar surface area (TPSA) is 78.9 Å². The molecule has 1 atom stereocenters. The molecule has 1 aliphatic carbocycles. The molecule has 0 radical (unpaired) electrons. The van der Waals surface area contributed by atoms with Crippen molar-refractivity contribution in [1.82, 2.24) is 4.72 Å². The van der Waals surface area contributed by atoms with Crippen molar-refractivity contribution in [3.63, 3.8) is 0 Å². The first-order chi connectivity index (χ1) is 12.5. The van der Waals surface area contributed by atoms with Crippen molar-refractivity contribution in [1.29, 1.82) is 0 Å². The highest BCUT2D eigenvalue weighted by molar-refractivity contribution is 7.77. The SMILES string of the molecule is O=C1N(c2ccc(F)cc2)c2ccc(CNS(=O)O)cc2OC12CCC2. The molecule has 2 aromatic rings. The maximum Gasteiger partial charge on any atom is 0.275 e. The van der Waals surface area contributed by atoms with E-state index < -0.39 is 16.9 Å². The Morgan fingerprint density at radius 2 is 1.96 bits per heavy atom. The molecule has 0 bridgehead atoms. The molecule has 136 valence electrons. The van der Waals surface area contributed by atoms with Gasteiger partial charge in [0.25, 0.3) is 5.91 Å². The fourth-order valence-electron chi connectivity index (χ4n) is 3.31. The van der Waals surface area contributed by atoms with Crippen LogP contribution in [0.25, 0.3) is 0 Å². The van der Waals surface area contributed by atoms with Crippen molar-refractivity contribution in [2.45, 2.75) is 31.4 Å². The van der Waals surface area contributed by atoms with Gasteiger partial charge in [-0.1, -0.05) is 6.07 Å². The van der Waals surface area contributed by atoms with Crippen LogP contribution in [0.2, 0.25) is 0 Å². The maximum absolute atomic E-state index is 13.3. The summed E-state index contributed by atoms with van der Waals surface area (Å²) in [5.41, 5.74) is 1.03. The summed E-state index contributed by atoms with van der Waals surface area (Å²) >= 11 is -2.11. The summed E-state index contributed by atoms with van der Waals surface area (Å²) in [5, 5.41) is 0. The van der Waals surface area contributed by atoms with Crippen LogP contribution in [-0.2, 0) is 22.6 Å². The molecule has 8 heteroatoms. The molecular weight excluding hydrogens is 359 g/mol. The van der Waals surface area contributed by atoms with Crippen molar-refractivity contribution in [2.24, 2.45) is 0 Å². The van der Waals surface area contributed by atoms with E-state index in [1.54, 1.807) is 35.2 Å². The molecule has 1 unspecified atom stereocenters. The summed E-state index contributed by atoms with van der Waals surface area (Å²) in [6.07, 6.45) is 2.17. The van der Waals surface area contributed by atoms with Crippen LogP contribution in [0.1, 0.15) is 24.8 Å². The highest BCUT2D eigenvalue weighted by atomic mass is 32.2. The summed E-state index contributed by atoms with van der Waals surface area (Å²) < 4.78 is 41.5. The normalized spacial score (nSPS) is 18.8. The third-order valence-electron chi connectivity index (χ3n) is 4.81. The van der Waals surface area contributed by atoms with Crippen LogP contribution >= 0.6 is 0 Å². The average Bonchev–Trinajstić information content (AvgIpc) is 2.59. The summed E-state index contributed by atoms with van der Waals surface area (Å²) in [5.74, 6) is 0.0216. The molecule has 1 amide bonds. The van der Waals surface area contributed by atoms with Crippen LogP contribution in [-0.4, -0.2) is 20.3 Å². The molecule has 0 aromatic heterocycles. The Bertz CT molecular complexity index is 883. The Kier molecular flexibility index (Phi) is 4.26. The number of amides is 1. The predicted molar refractivity (Wildman–Crippen MR) is 94.8 cm³/mol. The minimum atomic E-state index is -2.11. The van der Waals surface area contributed by atoms with Gasteiger partial charge in [0.05, 0.1) is 5.69 Å². The lowest BCUT2D eigenvalue weighted by atomic mass is 9.77. The van der Waals surface area contributed by atoms with Gasteiger partial charge in [0.15, 0.2) is 5.60 Å². The average molecular weight is 376 g/mol. The van der Waals surface area contributed by atoms with Crippen LogP contribution in [0, 0.1) is 5.82 Å². The van der Waals surface area contributed by atoms with E-state index in [1.165, 1.54) is 12.1 Å². The minimum Gasteiger partial charge on any atom is -0.475 e. The number of hydrogen-bond acceptors (Lipinski definition) is 3. The molecule has 4 rings (SSSR count). The molecule has 6 nitrogen and oxygen atoms in total. The van der Waals surface area contributed by atoms with E-state index >= 15 is 0 Å². The summed E-state index contributed by atoms with van der Waals surface area (Å²) in [6, 6.07) is 11.0. The number of ether oxygens (including phenoxy) is 1. The van der Waals surface area contributed by atoms with E-state index in [1.807, 2.05) is 0 Å². The third kappa shape index (κ3) is 2.90. The van der Waals surface area contributed by atoms with Gasteiger partial charge in [0.1, 0.15) is 11.6 Å². The van der Waals surface area contributed by atoms with Gasteiger partial charge < -0.3 is 4.74 Å². The summed E-state index contributed by atoms with van der Waals surface area (Å²) in [4.78, 5) is 14.7. The van der Waals surface area contributed by atoms with Gasteiger partial charge >= 0.3 is 0 Å². The van der Waals surface area contributed by atoms with Gasteiger partial charge in [-0.2, -0.15) is 0 Å². The smallest absolute Gasteiger partial charge is 0.275 e. The summed E-state index contributed by atoms with van der Waals surface area (Å²) in [7, 11) is 0. The molecule has 1 spiro atoms. The fraction of sp³-hybridized carbons (Fsp3) is 0.278. The zero-order chi connectivity index (χ0) is 18.3. The molecule has 1 saturated carbocycles. The fourth-order valence-corrected chi connectivity index (χ4v) is 3.60. The molecule has 0 saturated heterocycles. The number of carbonyl (C=O) groups is 1. The van der Waals surface area contributed by atoms with Crippen molar-refractivity contribution in [3.05, 3.63) is 53.8 Å². The van der Waals surface area contributed by atoms with Gasteiger partial charge in [-0.3, -0.25) is 14.2 Å². The number of halogens is 1. The second-order valence-electron chi connectivity index (χ2n) is 6.44. The zero-order valence-corrected chi connectivity index (χ0v) is 14.6. The van der Waals surface area contributed by atoms with E-state index in [0.29, 0.717) is 30.0 Å². The summed E-state index contributed by atoms with van der Waals surface area (Å²) in [6.45, 7) is 0.192. The molecule has 1 fully saturated rings. The number of hydrogen-bond donors (Lipinski definition) is 2. The van der Waals surface area contributed by atoms with E-state index in [-0.39, 0.29) is 18.3 Å². The largest absolute Gasteiger partial charge is 0.475 e. The lowest BCUT2D eigenvalue weighted by molar-refractivity contribution is -0.142. The third-order valence-corrected chi connectivity index (χ3v) is 5.20. The van der Waals surface area contributed by atoms with Gasteiger partial charge in [-0.25, -0.2) is 13.3 Å². The lowest BCUT2D eigenvalue weighted by Crippen LogP contribution is -2.58. The number of anilines is 2. The number of nitrogens with one attached hydrogen (secondary N) is 1. The van der Waals surface area contributed by atoms with Crippen LogP contribution in [0.3, 0.4) is 0 Å². The Labute approximate surface area is 152 Å². The Morgan fingerprint density at radius 3 is 2.58 bits per heavy atom. The number of rotatable bonds is 4. The monoisotopic (exact) mass is 376 g/mol. The molecule has 1 heterocycles. The predicted octanol–water partition coefficient (Wildman–Crippen LogP) is 3.03. The van der Waals surface area contributed by atoms with Crippen molar-refractivity contribution in [2.75, 3.05) is 4.90 Å². The van der Waals surface area contributed by atoms with Crippen LogP contribution in [0.15, 0.2) is 42.5 Å². The highest BCUT2D eigenvalue weighted by Crippen LogP contribution is 2.49. The second kappa shape index (κ2) is 6.46. The van der Waals surface area contributed by atoms with E-state index in [4.69, 9.17) is 9.29 Å². The number of carbonyl (C=O) groups excluding carboxylic acids is 1. The van der Waals surface area contributed by atoms with Crippen LogP contribution in [0.5, 0.6) is 5.75 Å². The maximum atomic E-state index is 13.3. The van der Waals surface area contributed by atoms with Gasteiger partial charge in [-0.15, -0.1) is 0 Å². The highest BCUT2D eigenvalue weighted by Gasteiger charge is 2.53. The minimum absolute atomic E-state index is 0.148. The standard InChI is InChI=1S/C18H17FN2O4S/c19-13-3-5-14(6-4-13)21-15-7-2-12(11-20-26(23)24)10-16(15)25-18(17(21)22)8-1-9-18/h2-7,10,20H,1,8-9,11H2,(H,23,24). The molecular formula is C18H17FN2O4S. The Balaban J connectivity index is 1.76. The van der Waals surface area contributed by atoms with E-state index in [0.717, 1.165) is 12.0 Å². The van der Waals surface area contributed by atoms with Crippen molar-refractivity contribution >= 4 is 28.5 Å². The van der Waals surface area contributed by atoms with Crippen molar-refractivity contribution < 1.29 is 22.7 Å². The van der Waals surface area contributed by atoms with E-state index in [2.05, 4.69) is 4.72 Å². The van der Waals surface area contributed by atoms with Gasteiger partial charge in [-0.05, 0) is 61.2 Å². The first kappa shape index (κ1) is 17.1. The van der Waals surface area contributed by atoms with Gasteiger partial charge in [0, 0.05) is 12.2 Å². The first-order valence-electron chi connectivity index (χ1n) is 8.25. The van der Waals surface area contributed by atoms with Crippen molar-refractivity contribution in [3.8, 4) is 5.75 Å². The Hall–Kier alpha value is -2.29. The molecule has 26 heavy (non-hydrogen) atoms. The molecule has 2 N–H and O–H groups in total.